The van der Waals surface area contributed by atoms with Crippen LogP contribution in [-0.2, 0) is 5.41 Å². The topological polar surface area (TPSA) is 70.4 Å². The Morgan fingerprint density at radius 1 is 1.29 bits per heavy atom. The summed E-state index contributed by atoms with van der Waals surface area (Å²) in [6.45, 7) is 8.47. The fraction of sp³-hybridized carbons (Fsp3) is 0.444. The molecule has 0 aliphatic heterocycles. The molecule has 24 heavy (non-hydrogen) atoms. The molecule has 0 saturated heterocycles. The maximum absolute atomic E-state index is 12.3. The van der Waals surface area contributed by atoms with Gasteiger partial charge in [-0.3, -0.25) is 5.32 Å². The van der Waals surface area contributed by atoms with E-state index in [9.17, 15) is 4.79 Å². The predicted octanol–water partition coefficient (Wildman–Crippen LogP) is 2.93. The highest BCUT2D eigenvalue weighted by Crippen LogP contribution is 2.26. The number of carbonyl (C=O) groups is 1. The fourth-order valence-electron chi connectivity index (χ4n) is 2.18. The third kappa shape index (κ3) is 4.14. The van der Waals surface area contributed by atoms with Crippen molar-refractivity contribution in [2.45, 2.75) is 33.1 Å². The van der Waals surface area contributed by atoms with Crippen molar-refractivity contribution in [2.75, 3.05) is 25.5 Å². The molecule has 130 valence electrons. The van der Waals surface area contributed by atoms with E-state index in [0.717, 1.165) is 16.9 Å². The Labute approximate surface area is 143 Å². The molecule has 0 atom stereocenters. The molecule has 0 bridgehead atoms. The number of carbonyl (C=O) groups excluding carboxylic acids is 1. The summed E-state index contributed by atoms with van der Waals surface area (Å²) in [6.07, 6.45) is 0. The Morgan fingerprint density at radius 2 is 1.92 bits per heavy atom. The van der Waals surface area contributed by atoms with Gasteiger partial charge < -0.3 is 10.0 Å². The van der Waals surface area contributed by atoms with Gasteiger partial charge in [0, 0.05) is 25.1 Å². The first-order chi connectivity index (χ1) is 11.2. The zero-order valence-corrected chi connectivity index (χ0v) is 15.0. The largest absolute Gasteiger partial charge is 0.395 e. The minimum atomic E-state index is -0.280. The average Bonchev–Trinajstić information content (AvgIpc) is 2.92. The molecule has 0 spiro atoms. The molecule has 1 aromatic carbocycles. The number of nitrogens with zero attached hydrogens (tertiary/aromatic N) is 3. The van der Waals surface area contributed by atoms with Crippen molar-refractivity contribution >= 4 is 11.8 Å². The molecule has 2 amide bonds. The Hall–Kier alpha value is -2.34. The monoisotopic (exact) mass is 330 g/mol. The van der Waals surface area contributed by atoms with Gasteiger partial charge in [0.25, 0.3) is 0 Å². The number of benzene rings is 1. The first-order valence-electron chi connectivity index (χ1n) is 8.03. The smallest absolute Gasteiger partial charge is 0.322 e. The van der Waals surface area contributed by atoms with Gasteiger partial charge in [0.1, 0.15) is 5.82 Å². The summed E-state index contributed by atoms with van der Waals surface area (Å²) in [4.78, 5) is 13.7. The molecule has 0 saturated carbocycles. The molecule has 0 aliphatic rings. The lowest BCUT2D eigenvalue weighted by molar-refractivity contribution is 0.202. The fourth-order valence-corrected chi connectivity index (χ4v) is 2.18. The molecular formula is C18H26N4O2. The van der Waals surface area contributed by atoms with Crippen LogP contribution in [0.15, 0.2) is 30.3 Å². The van der Waals surface area contributed by atoms with Crippen LogP contribution in [0.5, 0.6) is 0 Å². The van der Waals surface area contributed by atoms with E-state index in [4.69, 9.17) is 5.11 Å². The molecule has 0 fully saturated rings. The lowest BCUT2D eigenvalue weighted by Crippen LogP contribution is -2.34. The van der Waals surface area contributed by atoms with Crippen LogP contribution in [0.4, 0.5) is 10.6 Å². The third-order valence-corrected chi connectivity index (χ3v) is 3.77. The summed E-state index contributed by atoms with van der Waals surface area (Å²) >= 11 is 0. The summed E-state index contributed by atoms with van der Waals surface area (Å²) in [5.41, 5.74) is 2.81. The van der Waals surface area contributed by atoms with Crippen LogP contribution >= 0.6 is 0 Å². The van der Waals surface area contributed by atoms with E-state index in [-0.39, 0.29) is 24.6 Å². The number of anilines is 1. The molecule has 1 heterocycles. The number of hydrogen-bond donors (Lipinski definition) is 2. The number of aryl methyl sites for hydroxylation is 1. The van der Waals surface area contributed by atoms with Crippen molar-refractivity contribution < 1.29 is 9.90 Å². The van der Waals surface area contributed by atoms with E-state index >= 15 is 0 Å². The molecule has 2 aromatic rings. The standard InChI is InChI=1S/C18H26N4O2/c1-13-6-8-14(9-7-13)22-16(12-15(20-22)18(2,3)4)19-17(24)21(5)10-11-23/h6-9,12,23H,10-11H2,1-5H3,(H,19,24). The number of urea groups is 1. The van der Waals surface area contributed by atoms with Gasteiger partial charge in [0.15, 0.2) is 0 Å². The molecule has 1 aromatic heterocycles. The van der Waals surface area contributed by atoms with E-state index in [1.165, 1.54) is 4.90 Å². The Balaban J connectivity index is 2.39. The second kappa shape index (κ2) is 7.05. The quantitative estimate of drug-likeness (QED) is 0.905. The van der Waals surface area contributed by atoms with Crippen LogP contribution < -0.4 is 5.32 Å². The predicted molar refractivity (Wildman–Crippen MR) is 95.7 cm³/mol. The molecule has 2 rings (SSSR count). The van der Waals surface area contributed by atoms with Crippen molar-refractivity contribution in [3.63, 3.8) is 0 Å². The molecular weight excluding hydrogens is 304 g/mol. The number of aromatic nitrogens is 2. The zero-order valence-electron chi connectivity index (χ0n) is 15.0. The molecule has 0 unspecified atom stereocenters. The minimum absolute atomic E-state index is 0.0750. The molecule has 0 aliphatic carbocycles. The van der Waals surface area contributed by atoms with E-state index < -0.39 is 0 Å². The van der Waals surface area contributed by atoms with Gasteiger partial charge in [-0.2, -0.15) is 5.10 Å². The zero-order chi connectivity index (χ0) is 17.9. The normalized spacial score (nSPS) is 11.4. The number of aliphatic hydroxyl groups excluding tert-OH is 1. The van der Waals surface area contributed by atoms with Crippen molar-refractivity contribution in [1.82, 2.24) is 14.7 Å². The van der Waals surface area contributed by atoms with E-state index in [2.05, 4.69) is 31.2 Å². The first kappa shape index (κ1) is 18.0. The summed E-state index contributed by atoms with van der Waals surface area (Å²) in [5, 5.41) is 16.5. The summed E-state index contributed by atoms with van der Waals surface area (Å²) in [7, 11) is 1.64. The molecule has 6 nitrogen and oxygen atoms in total. The van der Waals surface area contributed by atoms with Crippen LogP contribution in [0.2, 0.25) is 0 Å². The number of amides is 2. The number of hydrogen-bond acceptors (Lipinski definition) is 3. The van der Waals surface area contributed by atoms with Gasteiger partial charge in [-0.15, -0.1) is 0 Å². The second-order valence-corrected chi connectivity index (χ2v) is 6.99. The Morgan fingerprint density at radius 3 is 2.46 bits per heavy atom. The van der Waals surface area contributed by atoms with Gasteiger partial charge >= 0.3 is 6.03 Å². The summed E-state index contributed by atoms with van der Waals surface area (Å²) in [5.74, 6) is 0.610. The Bertz CT molecular complexity index is 699. The van der Waals surface area contributed by atoms with Crippen LogP contribution in [0, 0.1) is 6.92 Å². The van der Waals surface area contributed by atoms with E-state index in [0.29, 0.717) is 5.82 Å². The van der Waals surface area contributed by atoms with Gasteiger partial charge in [-0.25, -0.2) is 9.48 Å². The van der Waals surface area contributed by atoms with Crippen LogP contribution in [-0.4, -0.2) is 46.0 Å². The van der Waals surface area contributed by atoms with Crippen molar-refractivity contribution in [3.05, 3.63) is 41.6 Å². The highest BCUT2D eigenvalue weighted by molar-refractivity contribution is 5.88. The SMILES string of the molecule is Cc1ccc(-n2nc(C(C)(C)C)cc2NC(=O)N(C)CCO)cc1. The van der Waals surface area contributed by atoms with Crippen LogP contribution in [0.1, 0.15) is 32.0 Å². The maximum Gasteiger partial charge on any atom is 0.322 e. The highest BCUT2D eigenvalue weighted by Gasteiger charge is 2.22. The Kier molecular flexibility index (Phi) is 5.29. The second-order valence-electron chi connectivity index (χ2n) is 6.99. The minimum Gasteiger partial charge on any atom is -0.395 e. The number of nitrogens with one attached hydrogen (secondary N) is 1. The van der Waals surface area contributed by atoms with Crippen LogP contribution in [0.3, 0.4) is 0 Å². The molecule has 6 heteroatoms. The van der Waals surface area contributed by atoms with Crippen LogP contribution in [0.25, 0.3) is 5.69 Å². The van der Waals surface area contributed by atoms with Gasteiger partial charge in [0.05, 0.1) is 18.0 Å². The summed E-state index contributed by atoms with van der Waals surface area (Å²) in [6, 6.07) is 9.58. The van der Waals surface area contributed by atoms with Crippen molar-refractivity contribution in [1.29, 1.82) is 0 Å². The van der Waals surface area contributed by atoms with Gasteiger partial charge in [-0.05, 0) is 19.1 Å². The van der Waals surface area contributed by atoms with E-state index in [1.807, 2.05) is 37.3 Å². The lowest BCUT2D eigenvalue weighted by Gasteiger charge is -2.17. The number of rotatable bonds is 4. The van der Waals surface area contributed by atoms with E-state index in [1.54, 1.807) is 11.7 Å². The highest BCUT2D eigenvalue weighted by atomic mass is 16.3. The van der Waals surface area contributed by atoms with Crippen molar-refractivity contribution in [3.8, 4) is 5.69 Å². The number of aliphatic hydroxyl groups is 1. The first-order valence-corrected chi connectivity index (χ1v) is 8.03. The lowest BCUT2D eigenvalue weighted by atomic mass is 9.92. The summed E-state index contributed by atoms with van der Waals surface area (Å²) < 4.78 is 1.74. The van der Waals surface area contributed by atoms with Gasteiger partial charge in [0.2, 0.25) is 0 Å². The van der Waals surface area contributed by atoms with Crippen molar-refractivity contribution in [2.24, 2.45) is 0 Å². The molecule has 0 radical (unpaired) electrons. The van der Waals surface area contributed by atoms with Gasteiger partial charge in [-0.1, -0.05) is 38.5 Å². The third-order valence-electron chi connectivity index (χ3n) is 3.77. The average molecular weight is 330 g/mol. The number of likely N-dealkylation sites (N-methyl/N-ethyl adjacent to an activating group) is 1. The molecule has 2 N–H and O–H groups in total. The maximum atomic E-state index is 12.3.